The zero-order valence-corrected chi connectivity index (χ0v) is 12.7. The second-order valence-corrected chi connectivity index (χ2v) is 6.00. The zero-order chi connectivity index (χ0) is 13.4. The van der Waals surface area contributed by atoms with Crippen molar-refractivity contribution in [2.45, 2.75) is 0 Å². The van der Waals surface area contributed by atoms with Crippen LogP contribution in [0.25, 0.3) is 10.2 Å². The summed E-state index contributed by atoms with van der Waals surface area (Å²) in [6.07, 6.45) is 0. The fraction of sp³-hybridized carbons (Fsp3) is 0. The van der Waals surface area contributed by atoms with Crippen LogP contribution in [0, 0.1) is 0 Å². The van der Waals surface area contributed by atoms with Crippen molar-refractivity contribution < 1.29 is 0 Å². The lowest BCUT2D eigenvalue weighted by molar-refractivity contribution is 1.24. The van der Waals surface area contributed by atoms with E-state index in [2.05, 4.69) is 31.2 Å². The van der Waals surface area contributed by atoms with Crippen molar-refractivity contribution in [3.8, 4) is 0 Å². The van der Waals surface area contributed by atoms with Crippen LogP contribution in [0.4, 0.5) is 17.5 Å². The number of halogens is 2. The van der Waals surface area contributed by atoms with Crippen LogP contribution < -0.4 is 11.1 Å². The molecule has 19 heavy (non-hydrogen) atoms. The van der Waals surface area contributed by atoms with Crippen LogP contribution in [0.2, 0.25) is 5.02 Å². The lowest BCUT2D eigenvalue weighted by Crippen LogP contribution is -2.00. The van der Waals surface area contributed by atoms with Crippen LogP contribution >= 0.6 is 38.9 Å². The summed E-state index contributed by atoms with van der Waals surface area (Å²) in [5.74, 6) is 0.919. The van der Waals surface area contributed by atoms with Crippen LogP contribution in [0.3, 0.4) is 0 Å². The van der Waals surface area contributed by atoms with Gasteiger partial charge in [0.05, 0.1) is 11.1 Å². The summed E-state index contributed by atoms with van der Waals surface area (Å²) >= 11 is 11.0. The van der Waals surface area contributed by atoms with Gasteiger partial charge in [-0.3, -0.25) is 0 Å². The summed E-state index contributed by atoms with van der Waals surface area (Å²) < 4.78 is 0.900. The number of thiophene rings is 1. The van der Waals surface area contributed by atoms with Gasteiger partial charge in [0.1, 0.15) is 10.6 Å². The third kappa shape index (κ3) is 2.51. The van der Waals surface area contributed by atoms with Gasteiger partial charge in [-0.25, -0.2) is 4.98 Å². The molecule has 0 amide bonds. The standard InChI is InChI=1S/C12H8BrClN4S/c13-8-2-1-6(14)5-9(8)16-10-7-3-4-19-11(7)18-12(15)17-10/h1-5H,(H3,15,16,17,18). The Balaban J connectivity index is 2.10. The molecule has 3 rings (SSSR count). The molecule has 0 atom stereocenters. The van der Waals surface area contributed by atoms with Gasteiger partial charge in [0, 0.05) is 9.50 Å². The van der Waals surface area contributed by atoms with E-state index in [1.54, 1.807) is 0 Å². The second kappa shape index (κ2) is 4.96. The molecule has 0 unspecified atom stereocenters. The Morgan fingerprint density at radius 2 is 2.11 bits per heavy atom. The molecule has 3 N–H and O–H groups in total. The normalized spacial score (nSPS) is 10.8. The number of nitrogens with one attached hydrogen (secondary N) is 1. The Labute approximate surface area is 126 Å². The maximum absolute atomic E-state index is 6.00. The minimum Gasteiger partial charge on any atom is -0.368 e. The molecule has 0 spiro atoms. The van der Waals surface area contributed by atoms with Gasteiger partial charge in [0.25, 0.3) is 0 Å². The first-order valence-corrected chi connectivity index (χ1v) is 7.41. The van der Waals surface area contributed by atoms with Gasteiger partial charge in [-0.05, 0) is 45.6 Å². The Bertz CT molecular complexity index is 759. The highest BCUT2D eigenvalue weighted by Gasteiger charge is 2.09. The Hall–Kier alpha value is -1.37. The fourth-order valence-corrected chi connectivity index (χ4v) is 2.98. The molecule has 0 radical (unpaired) electrons. The second-order valence-electron chi connectivity index (χ2n) is 3.82. The molecule has 1 aromatic carbocycles. The minimum absolute atomic E-state index is 0.246. The number of nitrogens with two attached hydrogens (primary N) is 1. The molecule has 2 heterocycles. The number of benzene rings is 1. The van der Waals surface area contributed by atoms with Gasteiger partial charge in [-0.15, -0.1) is 11.3 Å². The van der Waals surface area contributed by atoms with Crippen molar-refractivity contribution in [2.75, 3.05) is 11.1 Å². The van der Waals surface area contributed by atoms with Gasteiger partial charge >= 0.3 is 0 Å². The maximum Gasteiger partial charge on any atom is 0.223 e. The van der Waals surface area contributed by atoms with E-state index in [4.69, 9.17) is 17.3 Å². The average Bonchev–Trinajstić information content (AvgIpc) is 2.82. The smallest absolute Gasteiger partial charge is 0.223 e. The Morgan fingerprint density at radius 3 is 2.95 bits per heavy atom. The number of rotatable bonds is 2. The van der Waals surface area contributed by atoms with E-state index >= 15 is 0 Å². The first kappa shape index (κ1) is 12.7. The first-order chi connectivity index (χ1) is 9.13. The van der Waals surface area contributed by atoms with E-state index in [1.165, 1.54) is 11.3 Å². The molecule has 0 aliphatic rings. The third-order valence-electron chi connectivity index (χ3n) is 2.52. The molecule has 0 fully saturated rings. The monoisotopic (exact) mass is 354 g/mol. The highest BCUT2D eigenvalue weighted by molar-refractivity contribution is 9.10. The topological polar surface area (TPSA) is 63.8 Å². The molecule has 0 aliphatic carbocycles. The summed E-state index contributed by atoms with van der Waals surface area (Å²) in [5.41, 5.74) is 6.54. The molecule has 0 bridgehead atoms. The fourth-order valence-electron chi connectivity index (χ4n) is 1.69. The molecule has 96 valence electrons. The van der Waals surface area contributed by atoms with E-state index in [-0.39, 0.29) is 5.95 Å². The molecular formula is C12H8BrClN4S. The number of aromatic nitrogens is 2. The SMILES string of the molecule is Nc1nc(Nc2cc(Cl)ccc2Br)c2ccsc2n1. The molecule has 3 aromatic rings. The van der Waals surface area contributed by atoms with Crippen LogP contribution in [0.15, 0.2) is 34.1 Å². The molecule has 4 nitrogen and oxygen atoms in total. The third-order valence-corrected chi connectivity index (χ3v) is 4.26. The largest absolute Gasteiger partial charge is 0.368 e. The summed E-state index contributed by atoms with van der Waals surface area (Å²) in [5, 5.41) is 6.77. The number of anilines is 3. The predicted octanol–water partition coefficient (Wildman–Crippen LogP) is 4.43. The highest BCUT2D eigenvalue weighted by atomic mass is 79.9. The van der Waals surface area contributed by atoms with Crippen molar-refractivity contribution >= 4 is 66.5 Å². The molecule has 2 aromatic heterocycles. The van der Waals surface area contributed by atoms with Crippen molar-refractivity contribution in [2.24, 2.45) is 0 Å². The molecular weight excluding hydrogens is 348 g/mol. The first-order valence-electron chi connectivity index (χ1n) is 5.36. The number of fused-ring (bicyclic) bond motifs is 1. The number of nitrogen functional groups attached to an aromatic ring is 1. The predicted molar refractivity (Wildman–Crippen MR) is 84.3 cm³/mol. The molecule has 0 saturated heterocycles. The zero-order valence-electron chi connectivity index (χ0n) is 9.52. The van der Waals surface area contributed by atoms with Crippen molar-refractivity contribution in [1.29, 1.82) is 0 Å². The maximum atomic E-state index is 6.00. The van der Waals surface area contributed by atoms with Gasteiger partial charge in [-0.2, -0.15) is 4.98 Å². The number of hydrogen-bond donors (Lipinski definition) is 2. The van der Waals surface area contributed by atoms with E-state index < -0.39 is 0 Å². The minimum atomic E-state index is 0.246. The van der Waals surface area contributed by atoms with Crippen LogP contribution in [0.1, 0.15) is 0 Å². The summed E-state index contributed by atoms with van der Waals surface area (Å²) in [6.45, 7) is 0. The quantitative estimate of drug-likeness (QED) is 0.713. The van der Waals surface area contributed by atoms with Crippen molar-refractivity contribution in [3.05, 3.63) is 39.1 Å². The average molecular weight is 356 g/mol. The van der Waals surface area contributed by atoms with Gasteiger partial charge < -0.3 is 11.1 Å². The van der Waals surface area contributed by atoms with Crippen molar-refractivity contribution in [1.82, 2.24) is 9.97 Å². The lowest BCUT2D eigenvalue weighted by Gasteiger charge is -2.09. The number of nitrogens with zero attached hydrogens (tertiary/aromatic N) is 2. The lowest BCUT2D eigenvalue weighted by atomic mass is 10.3. The Morgan fingerprint density at radius 1 is 1.26 bits per heavy atom. The van der Waals surface area contributed by atoms with Gasteiger partial charge in [0.2, 0.25) is 5.95 Å². The number of hydrogen-bond acceptors (Lipinski definition) is 5. The van der Waals surface area contributed by atoms with E-state index in [0.717, 1.165) is 20.4 Å². The summed E-state index contributed by atoms with van der Waals surface area (Å²) in [7, 11) is 0. The van der Waals surface area contributed by atoms with Gasteiger partial charge in [-0.1, -0.05) is 11.6 Å². The Kier molecular flexibility index (Phi) is 3.30. The molecule has 7 heteroatoms. The van der Waals surface area contributed by atoms with Crippen molar-refractivity contribution in [3.63, 3.8) is 0 Å². The van der Waals surface area contributed by atoms with E-state index in [9.17, 15) is 0 Å². The highest BCUT2D eigenvalue weighted by Crippen LogP contribution is 2.32. The molecule has 0 saturated carbocycles. The molecule has 0 aliphatic heterocycles. The summed E-state index contributed by atoms with van der Waals surface area (Å²) in [6, 6.07) is 7.47. The van der Waals surface area contributed by atoms with E-state index in [0.29, 0.717) is 10.8 Å². The summed E-state index contributed by atoms with van der Waals surface area (Å²) in [4.78, 5) is 9.28. The van der Waals surface area contributed by atoms with Crippen LogP contribution in [-0.2, 0) is 0 Å². The van der Waals surface area contributed by atoms with Gasteiger partial charge in [0.15, 0.2) is 0 Å². The van der Waals surface area contributed by atoms with Crippen LogP contribution in [-0.4, -0.2) is 9.97 Å². The van der Waals surface area contributed by atoms with E-state index in [1.807, 2.05) is 29.6 Å². The van der Waals surface area contributed by atoms with Crippen LogP contribution in [0.5, 0.6) is 0 Å².